The Labute approximate surface area is 474 Å². The summed E-state index contributed by atoms with van der Waals surface area (Å²) in [4.78, 5) is 148. The fourth-order valence-electron chi connectivity index (χ4n) is 7.87. The van der Waals surface area contributed by atoms with Crippen molar-refractivity contribution in [2.45, 2.75) is 147 Å². The quantitative estimate of drug-likeness (QED) is 0.0396. The number of carbonyl (C=O) groups excluding carboxylic acids is 10. The topological polar surface area (TPSA) is 423 Å². The molecule has 80 heavy (non-hydrogen) atoms. The lowest BCUT2D eigenvalue weighted by Crippen LogP contribution is -2.61. The lowest BCUT2D eigenvalue weighted by atomic mass is 9.98. The first-order valence-electron chi connectivity index (χ1n) is 26.1. The van der Waals surface area contributed by atoms with Crippen LogP contribution in [0.25, 0.3) is 0 Å². The third kappa shape index (κ3) is 24.5. The molecule has 2 aromatic carbocycles. The van der Waals surface area contributed by atoms with E-state index in [1.807, 2.05) is 6.26 Å². The Morgan fingerprint density at radius 2 is 0.875 bits per heavy atom. The molecule has 0 spiro atoms. The number of amides is 10. The molecule has 17 N–H and O–H groups in total. The van der Waals surface area contributed by atoms with Crippen LogP contribution >= 0.6 is 23.5 Å². The van der Waals surface area contributed by atoms with Crippen LogP contribution in [0.1, 0.15) is 91.2 Å². The molecular formula is C53H81N11O14S2. The molecule has 0 bridgehead atoms. The van der Waals surface area contributed by atoms with E-state index in [1.54, 1.807) is 59.9 Å². The summed E-state index contributed by atoms with van der Waals surface area (Å²) >= 11 is 2.76. The number of carboxylic acid groups (broad SMARTS) is 1. The fourth-order valence-corrected chi connectivity index (χ4v) is 8.81. The first-order chi connectivity index (χ1) is 37.6. The number of hydrogen-bond donors (Lipinski definition) is 14. The summed E-state index contributed by atoms with van der Waals surface area (Å²) in [5, 5.41) is 49.9. The summed E-state index contributed by atoms with van der Waals surface area (Å²) in [5.41, 5.74) is 18.1. The van der Waals surface area contributed by atoms with Gasteiger partial charge in [-0.25, -0.2) is 0 Å². The van der Waals surface area contributed by atoms with Crippen molar-refractivity contribution in [3.8, 4) is 11.5 Å². The first-order valence-corrected chi connectivity index (χ1v) is 28.9. The summed E-state index contributed by atoms with van der Waals surface area (Å²) in [6, 6.07) is -1.24. The number of carbonyl (C=O) groups is 11. The molecule has 0 aliphatic heterocycles. The van der Waals surface area contributed by atoms with Crippen LogP contribution in [0.15, 0.2) is 48.5 Å². The van der Waals surface area contributed by atoms with E-state index in [0.29, 0.717) is 29.1 Å². The molecule has 2 rings (SSSR count). The number of hydrogen-bond acceptors (Lipinski definition) is 16. The molecular weight excluding hydrogens is 1080 g/mol. The number of carboxylic acids is 1. The number of aliphatic carboxylic acids is 1. The Bertz CT molecular complexity index is 2430. The van der Waals surface area contributed by atoms with Crippen LogP contribution in [0, 0.1) is 17.8 Å². The van der Waals surface area contributed by atoms with E-state index in [1.165, 1.54) is 59.9 Å². The normalized spacial score (nSPS) is 14.9. The van der Waals surface area contributed by atoms with Crippen LogP contribution in [0.5, 0.6) is 11.5 Å². The van der Waals surface area contributed by atoms with E-state index in [2.05, 4.69) is 42.5 Å². The van der Waals surface area contributed by atoms with Gasteiger partial charge in [-0.3, -0.25) is 52.7 Å². The molecule has 0 unspecified atom stereocenters. The molecule has 2 aromatic rings. The summed E-state index contributed by atoms with van der Waals surface area (Å²) in [6.07, 6.45) is 2.08. The predicted molar refractivity (Wildman–Crippen MR) is 302 cm³/mol. The highest BCUT2D eigenvalue weighted by atomic mass is 32.2. The van der Waals surface area contributed by atoms with Gasteiger partial charge in [-0.05, 0) is 96.4 Å². The van der Waals surface area contributed by atoms with Crippen molar-refractivity contribution in [1.82, 2.24) is 42.5 Å². The molecule has 27 heteroatoms. The minimum Gasteiger partial charge on any atom is -0.508 e. The van der Waals surface area contributed by atoms with Crippen molar-refractivity contribution < 1.29 is 68.1 Å². The summed E-state index contributed by atoms with van der Waals surface area (Å²) in [6.45, 7) is 10.1. The van der Waals surface area contributed by atoms with Gasteiger partial charge in [0.05, 0.1) is 18.9 Å². The molecule has 0 saturated carbocycles. The van der Waals surface area contributed by atoms with Crippen molar-refractivity contribution in [2.24, 2.45) is 35.0 Å². The maximum Gasteiger partial charge on any atom is 0.305 e. The number of phenolic OH excluding ortho intramolecular Hbond substituents is 2. The van der Waals surface area contributed by atoms with Crippen molar-refractivity contribution >= 4 is 88.6 Å². The van der Waals surface area contributed by atoms with Gasteiger partial charge in [0.2, 0.25) is 59.1 Å². The standard InChI is InChI=1S/C53H81N11O14S2/c1-9-29(6)43(55)52(77)62-40(26-42(68)69)51(76)59-36(22-27(2)3)47(72)61-39(25-41(54)67)50(75)60-37(23-30-10-14-32(65)15-11-30)49(74)58-35(19-21-80-8)46(71)64-44(28(4)5)53(78)63-38(24-31-12-16-33(66)17-13-31)48(73)57-34(45(56)70)18-20-79-7/h10-17,27-29,34-40,43-44,65-66H,9,18-26,55H2,1-8H3,(H2,54,67)(H2,56,70)(H,57,73)(H,58,74)(H,59,76)(H,60,75)(H,61,72)(H,62,77)(H,63,78)(H,64,71)(H,68,69)/t29-,34-,35-,36-,37-,38-,39-,40-,43-,44-/m0/s1. The van der Waals surface area contributed by atoms with E-state index < -0.39 is 138 Å². The van der Waals surface area contributed by atoms with E-state index in [9.17, 15) is 68.1 Å². The second kappa shape index (κ2) is 34.8. The van der Waals surface area contributed by atoms with Gasteiger partial charge in [-0.15, -0.1) is 0 Å². The van der Waals surface area contributed by atoms with Gasteiger partial charge in [0.25, 0.3) is 0 Å². The molecule has 0 fully saturated rings. The third-order valence-corrected chi connectivity index (χ3v) is 14.0. The summed E-state index contributed by atoms with van der Waals surface area (Å²) < 4.78 is 0. The van der Waals surface area contributed by atoms with Gasteiger partial charge >= 0.3 is 5.97 Å². The van der Waals surface area contributed by atoms with Gasteiger partial charge in [-0.2, -0.15) is 23.5 Å². The zero-order valence-corrected chi connectivity index (χ0v) is 48.1. The summed E-state index contributed by atoms with van der Waals surface area (Å²) in [5.74, 6) is -11.3. The van der Waals surface area contributed by atoms with E-state index in [4.69, 9.17) is 17.2 Å². The predicted octanol–water partition coefficient (Wildman–Crippen LogP) is -0.822. The molecule has 444 valence electrons. The minimum atomic E-state index is -1.79. The number of primary amides is 2. The average molecular weight is 1160 g/mol. The Morgan fingerprint density at radius 1 is 0.500 bits per heavy atom. The Morgan fingerprint density at radius 3 is 1.30 bits per heavy atom. The van der Waals surface area contributed by atoms with E-state index in [-0.39, 0.29) is 55.4 Å². The maximum absolute atomic E-state index is 14.5. The molecule has 0 aliphatic carbocycles. The number of thioether (sulfide) groups is 2. The van der Waals surface area contributed by atoms with Crippen molar-refractivity contribution in [1.29, 1.82) is 0 Å². The van der Waals surface area contributed by atoms with Gasteiger partial charge in [-0.1, -0.05) is 72.2 Å². The smallest absolute Gasteiger partial charge is 0.305 e. The average Bonchev–Trinajstić information content (AvgIpc) is 3.39. The molecule has 10 atom stereocenters. The molecule has 25 nitrogen and oxygen atoms in total. The van der Waals surface area contributed by atoms with Crippen LogP contribution in [0.3, 0.4) is 0 Å². The largest absolute Gasteiger partial charge is 0.508 e. The Balaban J connectivity index is 2.51. The number of aromatic hydroxyl groups is 2. The molecule has 0 heterocycles. The Kier molecular flexibility index (Phi) is 30.0. The van der Waals surface area contributed by atoms with E-state index >= 15 is 0 Å². The van der Waals surface area contributed by atoms with Crippen LogP contribution < -0.4 is 59.7 Å². The minimum absolute atomic E-state index is 0.00747. The fraction of sp³-hybridized carbons (Fsp3) is 0.566. The van der Waals surface area contributed by atoms with Crippen molar-refractivity contribution in [3.63, 3.8) is 0 Å². The van der Waals surface area contributed by atoms with Crippen LogP contribution in [-0.2, 0) is 65.6 Å². The number of nitrogens with one attached hydrogen (secondary N) is 8. The second-order valence-corrected chi connectivity index (χ2v) is 22.1. The number of rotatable bonds is 36. The molecule has 10 amide bonds. The zero-order valence-electron chi connectivity index (χ0n) is 46.5. The lowest BCUT2D eigenvalue weighted by molar-refractivity contribution is -0.141. The maximum atomic E-state index is 14.5. The highest BCUT2D eigenvalue weighted by Gasteiger charge is 2.37. The highest BCUT2D eigenvalue weighted by molar-refractivity contribution is 7.98. The molecule has 0 radical (unpaired) electrons. The van der Waals surface area contributed by atoms with Gasteiger partial charge < -0.3 is 75.1 Å². The van der Waals surface area contributed by atoms with Crippen molar-refractivity contribution in [2.75, 3.05) is 24.0 Å². The van der Waals surface area contributed by atoms with Gasteiger partial charge in [0.1, 0.15) is 59.8 Å². The van der Waals surface area contributed by atoms with Crippen LogP contribution in [-0.4, -0.2) is 159 Å². The zero-order chi connectivity index (χ0) is 60.4. The van der Waals surface area contributed by atoms with Crippen LogP contribution in [0.4, 0.5) is 0 Å². The van der Waals surface area contributed by atoms with Gasteiger partial charge in [0.15, 0.2) is 0 Å². The second-order valence-electron chi connectivity index (χ2n) is 20.2. The number of nitrogens with two attached hydrogens (primary N) is 3. The van der Waals surface area contributed by atoms with Crippen molar-refractivity contribution in [3.05, 3.63) is 59.7 Å². The summed E-state index contributed by atoms with van der Waals surface area (Å²) in [7, 11) is 0. The van der Waals surface area contributed by atoms with E-state index in [0.717, 1.165) is 0 Å². The molecule has 0 aliphatic rings. The Hall–Kier alpha value is -7.13. The molecule has 0 aromatic heterocycles. The third-order valence-electron chi connectivity index (χ3n) is 12.7. The van der Waals surface area contributed by atoms with Gasteiger partial charge in [0, 0.05) is 12.8 Å². The monoisotopic (exact) mass is 1160 g/mol. The number of benzene rings is 2. The van der Waals surface area contributed by atoms with Crippen LogP contribution in [0.2, 0.25) is 0 Å². The number of phenols is 2. The lowest BCUT2D eigenvalue weighted by Gasteiger charge is -2.29. The molecule has 0 saturated heterocycles. The first kappa shape index (κ1) is 69.0. The highest BCUT2D eigenvalue weighted by Crippen LogP contribution is 2.16. The SMILES string of the molecule is CC[C@H](C)[C@H](N)C(=O)N[C@@H](CC(=O)O)C(=O)N[C@@H](CC(C)C)C(=O)N[C@@H](CC(N)=O)C(=O)N[C@@H](Cc1ccc(O)cc1)C(=O)N[C@@H](CCSC)C(=O)N[C@H](C(=O)N[C@@H](Cc1ccc(O)cc1)C(=O)N[C@@H](CCSC)C(N)=O)C(C)C.